The quantitative estimate of drug-likeness (QED) is 0.881. The molecule has 1 unspecified atom stereocenters. The van der Waals surface area contributed by atoms with Crippen molar-refractivity contribution in [2.45, 2.75) is 12.3 Å². The highest BCUT2D eigenvalue weighted by Crippen LogP contribution is 2.37. The van der Waals surface area contributed by atoms with E-state index in [-0.39, 0.29) is 5.91 Å². The Morgan fingerprint density at radius 2 is 2.19 bits per heavy atom. The summed E-state index contributed by atoms with van der Waals surface area (Å²) in [5.41, 5.74) is 7.96. The number of fused-ring (bicyclic) bond motifs is 1. The van der Waals surface area contributed by atoms with Crippen molar-refractivity contribution >= 4 is 29.0 Å². The van der Waals surface area contributed by atoms with E-state index in [4.69, 9.17) is 5.73 Å². The van der Waals surface area contributed by atoms with Crippen LogP contribution >= 0.6 is 11.3 Å². The van der Waals surface area contributed by atoms with E-state index in [0.717, 1.165) is 23.5 Å². The maximum absolute atomic E-state index is 12.5. The van der Waals surface area contributed by atoms with Gasteiger partial charge in [0.25, 0.3) is 5.91 Å². The highest BCUT2D eigenvalue weighted by Gasteiger charge is 2.30. The van der Waals surface area contributed by atoms with Crippen molar-refractivity contribution in [3.63, 3.8) is 0 Å². The fraction of sp³-hybridized carbons (Fsp3) is 0.235. The largest absolute Gasteiger partial charge is 0.330 e. The predicted octanol–water partition coefficient (Wildman–Crippen LogP) is 3.24. The molecule has 1 aliphatic rings. The number of hydrogen-bond donors (Lipinski definition) is 1. The third-order valence-corrected chi connectivity index (χ3v) is 4.62. The van der Waals surface area contributed by atoms with Crippen molar-refractivity contribution in [1.82, 2.24) is 0 Å². The number of benzene rings is 1. The maximum Gasteiger partial charge on any atom is 0.251 e. The Hall–Kier alpha value is -1.91. The molecule has 1 aromatic heterocycles. The Morgan fingerprint density at radius 1 is 1.33 bits per heavy atom. The Bertz CT molecular complexity index is 649. The van der Waals surface area contributed by atoms with E-state index < -0.39 is 0 Å². The van der Waals surface area contributed by atoms with Gasteiger partial charge >= 0.3 is 0 Å². The van der Waals surface area contributed by atoms with Crippen molar-refractivity contribution in [2.75, 3.05) is 18.0 Å². The number of amides is 1. The number of rotatable bonds is 4. The number of nitrogens with two attached hydrogens (primary N) is 1. The zero-order valence-corrected chi connectivity index (χ0v) is 12.6. The van der Waals surface area contributed by atoms with Gasteiger partial charge in [-0.25, -0.2) is 0 Å². The molecule has 0 aliphatic carbocycles. The van der Waals surface area contributed by atoms with E-state index in [2.05, 4.69) is 6.07 Å². The van der Waals surface area contributed by atoms with Crippen LogP contribution in [0.4, 0.5) is 5.69 Å². The summed E-state index contributed by atoms with van der Waals surface area (Å²) < 4.78 is 0. The molecule has 2 N–H and O–H groups in total. The Labute approximate surface area is 128 Å². The molecule has 0 saturated carbocycles. The van der Waals surface area contributed by atoms with Gasteiger partial charge in [-0.3, -0.25) is 4.79 Å². The Morgan fingerprint density at radius 3 is 2.95 bits per heavy atom. The minimum atomic E-state index is 0.0374. The lowest BCUT2D eigenvalue weighted by molar-refractivity contribution is -0.114. The third-order valence-electron chi connectivity index (χ3n) is 3.78. The topological polar surface area (TPSA) is 46.3 Å². The van der Waals surface area contributed by atoms with Crippen LogP contribution in [0, 0.1) is 0 Å². The van der Waals surface area contributed by atoms with Crippen LogP contribution in [0.5, 0.6) is 0 Å². The fourth-order valence-electron chi connectivity index (χ4n) is 2.78. The second kappa shape index (κ2) is 6.24. The van der Waals surface area contributed by atoms with Crippen LogP contribution in [-0.2, 0) is 4.79 Å². The summed E-state index contributed by atoms with van der Waals surface area (Å²) in [5, 5.41) is 2.01. The lowest BCUT2D eigenvalue weighted by Gasteiger charge is -2.15. The molecule has 2 heterocycles. The van der Waals surface area contributed by atoms with Gasteiger partial charge < -0.3 is 10.6 Å². The van der Waals surface area contributed by atoms with E-state index >= 15 is 0 Å². The maximum atomic E-state index is 12.5. The number of anilines is 1. The molecule has 4 heteroatoms. The number of hydrogen-bond acceptors (Lipinski definition) is 3. The number of nitrogens with zero attached hydrogens (tertiary/aromatic N) is 1. The lowest BCUT2D eigenvalue weighted by atomic mass is 9.98. The molecule has 0 bridgehead atoms. The molecule has 21 heavy (non-hydrogen) atoms. The van der Waals surface area contributed by atoms with Crippen molar-refractivity contribution in [2.24, 2.45) is 5.73 Å². The molecule has 3 rings (SSSR count). The van der Waals surface area contributed by atoms with Gasteiger partial charge in [-0.1, -0.05) is 24.3 Å². The molecule has 2 aromatic rings. The molecule has 108 valence electrons. The number of carbonyl (C=O) groups is 1. The van der Waals surface area contributed by atoms with Crippen LogP contribution in [0.2, 0.25) is 0 Å². The first-order valence-electron chi connectivity index (χ1n) is 7.11. The van der Waals surface area contributed by atoms with Gasteiger partial charge in [-0.2, -0.15) is 0 Å². The molecule has 0 saturated heterocycles. The smallest absolute Gasteiger partial charge is 0.251 e. The molecular formula is C17H18N2OS. The van der Waals surface area contributed by atoms with Gasteiger partial charge in [0.05, 0.1) is 0 Å². The summed E-state index contributed by atoms with van der Waals surface area (Å²) in [6, 6.07) is 12.1. The van der Waals surface area contributed by atoms with Crippen molar-refractivity contribution in [3.05, 3.63) is 58.3 Å². The summed E-state index contributed by atoms with van der Waals surface area (Å²) >= 11 is 1.63. The van der Waals surface area contributed by atoms with Gasteiger partial charge in [0.1, 0.15) is 0 Å². The first-order chi connectivity index (χ1) is 10.3. The standard InChI is InChI=1S/C17H18N2OS/c18-10-9-13-12-19(16-6-2-1-5-15(13)16)17(20)8-7-14-4-3-11-21-14/h1-8,11,13H,9-10,12,18H2. The van der Waals surface area contributed by atoms with Crippen LogP contribution < -0.4 is 10.6 Å². The van der Waals surface area contributed by atoms with Crippen LogP contribution in [0.25, 0.3) is 6.08 Å². The minimum Gasteiger partial charge on any atom is -0.330 e. The minimum absolute atomic E-state index is 0.0374. The second-order valence-corrected chi connectivity index (χ2v) is 6.11. The van der Waals surface area contributed by atoms with E-state index in [9.17, 15) is 4.79 Å². The normalized spacial score (nSPS) is 17.4. The fourth-order valence-corrected chi connectivity index (χ4v) is 3.40. The van der Waals surface area contributed by atoms with E-state index in [0.29, 0.717) is 12.5 Å². The van der Waals surface area contributed by atoms with E-state index in [1.807, 2.05) is 46.7 Å². The SMILES string of the molecule is NCCC1CN(C(=O)C=Cc2cccs2)c2ccccc21. The van der Waals surface area contributed by atoms with Crippen LogP contribution in [0.15, 0.2) is 47.9 Å². The highest BCUT2D eigenvalue weighted by atomic mass is 32.1. The molecular weight excluding hydrogens is 280 g/mol. The summed E-state index contributed by atoms with van der Waals surface area (Å²) in [7, 11) is 0. The average Bonchev–Trinajstić information content (AvgIpc) is 3.14. The molecule has 3 nitrogen and oxygen atoms in total. The van der Waals surface area contributed by atoms with Crippen molar-refractivity contribution in [3.8, 4) is 0 Å². The molecule has 1 aromatic carbocycles. The molecule has 1 atom stereocenters. The lowest BCUT2D eigenvalue weighted by Crippen LogP contribution is -2.28. The number of thiophene rings is 1. The first kappa shape index (κ1) is 14.0. The van der Waals surface area contributed by atoms with Gasteiger partial charge in [0.15, 0.2) is 0 Å². The molecule has 0 radical (unpaired) electrons. The molecule has 0 fully saturated rings. The zero-order chi connectivity index (χ0) is 14.7. The van der Waals surface area contributed by atoms with Crippen molar-refractivity contribution < 1.29 is 4.79 Å². The van der Waals surface area contributed by atoms with Crippen LogP contribution in [-0.4, -0.2) is 19.0 Å². The zero-order valence-electron chi connectivity index (χ0n) is 11.7. The highest BCUT2D eigenvalue weighted by molar-refractivity contribution is 7.10. The van der Waals surface area contributed by atoms with E-state index in [1.54, 1.807) is 17.4 Å². The number of para-hydroxylation sites is 1. The van der Waals surface area contributed by atoms with Crippen LogP contribution in [0.3, 0.4) is 0 Å². The summed E-state index contributed by atoms with van der Waals surface area (Å²) in [5.74, 6) is 0.389. The van der Waals surface area contributed by atoms with Crippen molar-refractivity contribution in [1.29, 1.82) is 0 Å². The summed E-state index contributed by atoms with van der Waals surface area (Å²) in [6.07, 6.45) is 4.45. The van der Waals surface area contributed by atoms with Gasteiger partial charge in [0, 0.05) is 29.1 Å². The van der Waals surface area contributed by atoms with Gasteiger partial charge in [-0.15, -0.1) is 11.3 Å². The predicted molar refractivity (Wildman–Crippen MR) is 88.6 cm³/mol. The monoisotopic (exact) mass is 298 g/mol. The average molecular weight is 298 g/mol. The van der Waals surface area contributed by atoms with Gasteiger partial charge in [-0.05, 0) is 42.1 Å². The van der Waals surface area contributed by atoms with Gasteiger partial charge in [0.2, 0.25) is 0 Å². The Balaban J connectivity index is 1.81. The third kappa shape index (κ3) is 2.91. The molecule has 1 amide bonds. The summed E-state index contributed by atoms with van der Waals surface area (Å²) in [6.45, 7) is 1.37. The first-order valence-corrected chi connectivity index (χ1v) is 7.99. The second-order valence-electron chi connectivity index (χ2n) is 5.13. The van der Waals surface area contributed by atoms with Crippen LogP contribution in [0.1, 0.15) is 22.8 Å². The number of carbonyl (C=O) groups excluding carboxylic acids is 1. The molecule has 0 spiro atoms. The summed E-state index contributed by atoms with van der Waals surface area (Å²) in [4.78, 5) is 15.4. The molecule has 1 aliphatic heterocycles. The van der Waals surface area contributed by atoms with E-state index in [1.165, 1.54) is 5.56 Å². The Kier molecular flexibility index (Phi) is 4.18.